The second kappa shape index (κ2) is 53.4. The van der Waals surface area contributed by atoms with Gasteiger partial charge in [0, 0.05) is 19.3 Å². The lowest BCUT2D eigenvalue weighted by molar-refractivity contribution is -0.161. The van der Waals surface area contributed by atoms with Crippen LogP contribution in [-0.4, -0.2) is 66.5 Å². The maximum absolute atomic E-state index is 12.9. The van der Waals surface area contributed by atoms with Crippen LogP contribution >= 0.6 is 7.82 Å². The number of rotatable bonds is 50. The Hall–Kier alpha value is -3.86. The van der Waals surface area contributed by atoms with Gasteiger partial charge >= 0.3 is 25.7 Å². The van der Waals surface area contributed by atoms with E-state index >= 15 is 0 Å². The first-order valence-corrected chi connectivity index (χ1v) is 29.3. The third-order valence-corrected chi connectivity index (χ3v) is 12.2. The molecule has 0 rings (SSSR count). The topological polar surface area (TPSA) is 155 Å². The van der Waals surface area contributed by atoms with Crippen LogP contribution in [0.15, 0.2) is 109 Å². The smallest absolute Gasteiger partial charge is 0.462 e. The largest absolute Gasteiger partial charge is 0.472 e. The normalized spacial score (nSPS) is 14.2. The first-order valence-electron chi connectivity index (χ1n) is 27.8. The fourth-order valence-corrected chi connectivity index (χ4v) is 7.83. The van der Waals surface area contributed by atoms with Crippen molar-refractivity contribution in [3.05, 3.63) is 109 Å². The summed E-state index contributed by atoms with van der Waals surface area (Å²) < 4.78 is 39.3. The van der Waals surface area contributed by atoms with Gasteiger partial charge in [-0.25, -0.2) is 4.57 Å². The monoisotopic (exact) mass is 1030 g/mol. The van der Waals surface area contributed by atoms with E-state index in [0.29, 0.717) is 19.3 Å². The van der Waals surface area contributed by atoms with Gasteiger partial charge in [-0.15, -0.1) is 0 Å². The van der Waals surface area contributed by atoms with E-state index in [2.05, 4.69) is 118 Å². The van der Waals surface area contributed by atoms with Crippen molar-refractivity contribution in [2.24, 2.45) is 0 Å². The van der Waals surface area contributed by atoms with Crippen LogP contribution in [0.25, 0.3) is 0 Å². The maximum atomic E-state index is 12.9. The van der Waals surface area contributed by atoms with Gasteiger partial charge in [-0.3, -0.25) is 23.4 Å². The highest BCUT2D eigenvalue weighted by molar-refractivity contribution is 7.47. The molecule has 0 aliphatic rings. The predicted octanol–water partition coefficient (Wildman–Crippen LogP) is 16.2. The number of esters is 3. The van der Waals surface area contributed by atoms with E-state index in [-0.39, 0.29) is 25.9 Å². The number of unbranched alkanes of at least 4 members (excludes halogenated alkanes) is 15. The highest BCUT2D eigenvalue weighted by Crippen LogP contribution is 2.43. The third-order valence-electron chi connectivity index (χ3n) is 11.2. The fraction of sp³-hybridized carbons (Fsp3) is 0.650. The molecule has 0 amide bonds. The van der Waals surface area contributed by atoms with Gasteiger partial charge < -0.3 is 24.2 Å². The lowest BCUT2D eigenvalue weighted by Crippen LogP contribution is -2.30. The molecule has 2 N–H and O–H groups in total. The highest BCUT2D eigenvalue weighted by Gasteiger charge is 2.28. The third kappa shape index (κ3) is 51.1. The number of phosphoric acid groups is 1. The average Bonchev–Trinajstić information content (AvgIpc) is 3.37. The lowest BCUT2D eigenvalue weighted by Gasteiger charge is -2.21. The van der Waals surface area contributed by atoms with E-state index in [9.17, 15) is 28.9 Å². The van der Waals surface area contributed by atoms with Crippen molar-refractivity contribution in [1.29, 1.82) is 0 Å². The zero-order valence-corrected chi connectivity index (χ0v) is 46.0. The summed E-state index contributed by atoms with van der Waals surface area (Å²) in [5.41, 5.74) is 0. The summed E-state index contributed by atoms with van der Waals surface area (Å²) >= 11 is 0. The summed E-state index contributed by atoms with van der Waals surface area (Å²) in [6.07, 6.45) is 63.6. The Morgan fingerprint density at radius 3 is 1.17 bits per heavy atom. The van der Waals surface area contributed by atoms with E-state index in [1.165, 1.54) is 57.8 Å². The molecule has 0 aromatic carbocycles. The molecule has 0 radical (unpaired) electrons. The summed E-state index contributed by atoms with van der Waals surface area (Å²) in [6, 6.07) is 0. The molecule has 3 unspecified atom stereocenters. The standard InChI is InChI=1S/C60H99O11P/c1-4-7-10-13-16-19-22-25-26-27-28-29-30-33-36-39-42-45-48-51-60(64)71-57(53-67-58(62)49-46-43-40-37-34-31-23-20-17-14-11-8-5-2)55-69-72(65,66)68-54-56(52-61)70-59(63)50-47-44-41-38-35-32-24-21-18-15-12-9-6-3/h7-8,10-11,16-17,19-20,25-26,28-29,31,33-34,36,40,43,56-57,61H,4-6,9,12-15,18,21-24,27,30,32,35,37-39,41-42,44-55H2,1-3H3,(H,65,66)/b10-7-,11-8-,19-16-,20-17-,26-25-,29-28-,34-31-,36-33-,43-40-. The van der Waals surface area contributed by atoms with Gasteiger partial charge in [0.1, 0.15) is 12.7 Å². The summed E-state index contributed by atoms with van der Waals surface area (Å²) in [6.45, 7) is 4.28. The first-order chi connectivity index (χ1) is 35.2. The van der Waals surface area contributed by atoms with Gasteiger partial charge in [-0.2, -0.15) is 0 Å². The summed E-state index contributed by atoms with van der Waals surface area (Å²) in [4.78, 5) is 48.4. The molecular weight excluding hydrogens is 928 g/mol. The van der Waals surface area contributed by atoms with Crippen molar-refractivity contribution in [3.63, 3.8) is 0 Å². The average molecular weight is 1030 g/mol. The fourth-order valence-electron chi connectivity index (χ4n) is 7.04. The second-order valence-corrected chi connectivity index (χ2v) is 19.4. The van der Waals surface area contributed by atoms with E-state index < -0.39 is 57.8 Å². The van der Waals surface area contributed by atoms with Gasteiger partial charge in [0.15, 0.2) is 6.10 Å². The number of carbonyl (C=O) groups is 3. The molecule has 0 aliphatic heterocycles. The van der Waals surface area contributed by atoms with Crippen molar-refractivity contribution < 1.29 is 52.2 Å². The Morgan fingerprint density at radius 1 is 0.403 bits per heavy atom. The number of ether oxygens (including phenoxy) is 3. The minimum absolute atomic E-state index is 0.0931. The van der Waals surface area contributed by atoms with Crippen LogP contribution in [0.3, 0.4) is 0 Å². The number of hydrogen-bond acceptors (Lipinski definition) is 10. The van der Waals surface area contributed by atoms with Crippen LogP contribution in [0.5, 0.6) is 0 Å². The molecule has 0 bridgehead atoms. The summed E-state index contributed by atoms with van der Waals surface area (Å²) in [7, 11) is -4.77. The van der Waals surface area contributed by atoms with E-state index in [0.717, 1.165) is 96.3 Å². The molecule has 0 saturated heterocycles. The van der Waals surface area contributed by atoms with Crippen LogP contribution in [-0.2, 0) is 42.2 Å². The molecule has 0 aliphatic carbocycles. The number of allylic oxidation sites excluding steroid dienone is 18. The van der Waals surface area contributed by atoms with Gasteiger partial charge in [0.05, 0.1) is 19.8 Å². The van der Waals surface area contributed by atoms with Gasteiger partial charge in [-0.05, 0) is 89.9 Å². The summed E-state index contributed by atoms with van der Waals surface area (Å²) in [5, 5.41) is 9.79. The van der Waals surface area contributed by atoms with Crippen LogP contribution in [0.2, 0.25) is 0 Å². The molecule has 72 heavy (non-hydrogen) atoms. The Balaban J connectivity index is 4.86. The molecule has 0 saturated carbocycles. The molecule has 3 atom stereocenters. The highest BCUT2D eigenvalue weighted by atomic mass is 31.2. The molecule has 0 aromatic rings. The van der Waals surface area contributed by atoms with Crippen molar-refractivity contribution in [3.8, 4) is 0 Å². The summed E-state index contributed by atoms with van der Waals surface area (Å²) in [5.74, 6) is -1.61. The van der Waals surface area contributed by atoms with Crippen molar-refractivity contribution >= 4 is 25.7 Å². The van der Waals surface area contributed by atoms with Crippen LogP contribution in [0, 0.1) is 0 Å². The van der Waals surface area contributed by atoms with E-state index in [4.69, 9.17) is 23.3 Å². The molecule has 0 heterocycles. The Morgan fingerprint density at radius 2 is 0.750 bits per heavy atom. The van der Waals surface area contributed by atoms with Crippen LogP contribution in [0.4, 0.5) is 0 Å². The molecule has 0 aromatic heterocycles. The zero-order valence-electron chi connectivity index (χ0n) is 45.1. The predicted molar refractivity (Wildman–Crippen MR) is 297 cm³/mol. The number of phosphoric ester groups is 1. The van der Waals surface area contributed by atoms with Crippen LogP contribution in [0.1, 0.15) is 213 Å². The van der Waals surface area contributed by atoms with Gasteiger partial charge in [0.25, 0.3) is 0 Å². The molecule has 0 spiro atoms. The number of hydrogen-bond donors (Lipinski definition) is 2. The Kier molecular flexibility index (Phi) is 50.6. The van der Waals surface area contributed by atoms with Crippen LogP contribution < -0.4 is 0 Å². The number of carbonyl (C=O) groups excluding carboxylic acids is 3. The molecular formula is C60H99O11P. The van der Waals surface area contributed by atoms with Gasteiger partial charge in [0.2, 0.25) is 0 Å². The minimum Gasteiger partial charge on any atom is -0.462 e. The first kappa shape index (κ1) is 68.1. The molecule has 11 nitrogen and oxygen atoms in total. The lowest BCUT2D eigenvalue weighted by atomic mass is 10.0. The molecule has 12 heteroatoms. The number of aliphatic hydroxyl groups excluding tert-OH is 1. The second-order valence-electron chi connectivity index (χ2n) is 18.0. The van der Waals surface area contributed by atoms with E-state index in [1.54, 1.807) is 0 Å². The van der Waals surface area contributed by atoms with Crippen molar-refractivity contribution in [1.82, 2.24) is 0 Å². The maximum Gasteiger partial charge on any atom is 0.472 e. The Bertz CT molecular complexity index is 1620. The molecule has 0 fully saturated rings. The SMILES string of the molecule is CC/C=C\C/C=C\C/C=C\C/C=C\C/C=C\CCCCCC(=O)OC(COC(=O)CC/C=C\C/C=C\C/C=C\C/C=C\CC)COP(=O)(O)OCC(CO)OC(=O)CCCCCCCCCCCCCCC. The quantitative estimate of drug-likeness (QED) is 0.0197. The number of aliphatic hydroxyl groups is 1. The minimum atomic E-state index is -4.77. The van der Waals surface area contributed by atoms with Crippen molar-refractivity contribution in [2.45, 2.75) is 226 Å². The Labute approximate surface area is 437 Å². The van der Waals surface area contributed by atoms with Crippen molar-refractivity contribution in [2.75, 3.05) is 26.4 Å². The van der Waals surface area contributed by atoms with Gasteiger partial charge in [-0.1, -0.05) is 214 Å². The van der Waals surface area contributed by atoms with E-state index in [1.807, 2.05) is 12.2 Å². The molecule has 410 valence electrons. The zero-order chi connectivity index (χ0) is 52.7.